The minimum atomic E-state index is -0.948. The van der Waals surface area contributed by atoms with Gasteiger partial charge in [-0.1, -0.05) is 19.9 Å². The average molecular weight is 382 g/mol. The van der Waals surface area contributed by atoms with Crippen LogP contribution in [0.3, 0.4) is 0 Å². The highest BCUT2D eigenvalue weighted by atomic mass is 16.4. The van der Waals surface area contributed by atoms with Gasteiger partial charge in [0.2, 0.25) is 0 Å². The fourth-order valence-electron chi connectivity index (χ4n) is 4.23. The van der Waals surface area contributed by atoms with Gasteiger partial charge < -0.3 is 16.6 Å². The molecule has 1 aliphatic rings. The fourth-order valence-corrected chi connectivity index (χ4v) is 4.23. The van der Waals surface area contributed by atoms with Crippen LogP contribution in [0.2, 0.25) is 0 Å². The predicted molar refractivity (Wildman–Crippen MR) is 111 cm³/mol. The first-order valence-corrected chi connectivity index (χ1v) is 9.84. The van der Waals surface area contributed by atoms with E-state index in [9.17, 15) is 9.90 Å². The molecule has 0 fully saturated rings. The Labute approximate surface area is 164 Å². The molecule has 156 valence electrons. The van der Waals surface area contributed by atoms with Gasteiger partial charge in [-0.25, -0.2) is 0 Å². The minimum absolute atomic E-state index is 0.313. The van der Waals surface area contributed by atoms with E-state index in [4.69, 9.17) is 11.5 Å². The van der Waals surface area contributed by atoms with Crippen LogP contribution in [-0.2, 0) is 4.79 Å². The summed E-state index contributed by atoms with van der Waals surface area (Å²) in [6.07, 6.45) is 8.97. The number of nitrogens with zero attached hydrogens (tertiary/aromatic N) is 3. The summed E-state index contributed by atoms with van der Waals surface area (Å²) in [5.74, 6) is -1.65. The van der Waals surface area contributed by atoms with Crippen molar-refractivity contribution < 1.29 is 9.90 Å². The van der Waals surface area contributed by atoms with Crippen LogP contribution in [0.4, 0.5) is 0 Å². The largest absolute Gasteiger partial charge is 0.481 e. The van der Waals surface area contributed by atoms with Gasteiger partial charge in [-0.2, -0.15) is 0 Å². The van der Waals surface area contributed by atoms with Crippen LogP contribution in [0.15, 0.2) is 23.9 Å². The Bertz CT molecular complexity index is 530. The number of allylic oxidation sites excluding steroid dienone is 1. The minimum Gasteiger partial charge on any atom is -0.481 e. The molecule has 1 rings (SSSR count). The van der Waals surface area contributed by atoms with Crippen LogP contribution >= 0.6 is 0 Å². The molecule has 0 spiro atoms. The molecule has 7 heteroatoms. The number of aliphatic carboxylic acids is 1. The molecule has 0 radical (unpaired) electrons. The van der Waals surface area contributed by atoms with Crippen molar-refractivity contribution in [2.24, 2.45) is 17.4 Å². The zero-order valence-corrected chi connectivity index (χ0v) is 17.9. The molecule has 0 saturated heterocycles. The van der Waals surface area contributed by atoms with Crippen LogP contribution in [0.1, 0.15) is 39.5 Å². The van der Waals surface area contributed by atoms with E-state index in [0.29, 0.717) is 24.4 Å². The Balaban J connectivity index is 2.94. The molecular weight excluding hydrogens is 342 g/mol. The highest BCUT2D eigenvalue weighted by Crippen LogP contribution is 2.29. The molecule has 5 N–H and O–H groups in total. The fraction of sp³-hybridized carbons (Fsp3) is 0.750. The zero-order valence-electron chi connectivity index (χ0n) is 17.9. The molecule has 0 aromatic heterocycles. The standard InChI is InChI=1S/C20H39N5O2/c1-7-17(23(3)4)25(18(8-2)24(5)6)13-9-12-20(22)14-15(21)10-11-16(20)19(26)27/h10-11,14,16-18H,7-9,12-13,21-22H2,1-6H3,(H,26,27). The highest BCUT2D eigenvalue weighted by Gasteiger charge is 2.38. The molecular formula is C20H39N5O2. The number of carboxylic acids is 1. The Hall–Kier alpha value is -1.41. The number of rotatable bonds is 11. The van der Waals surface area contributed by atoms with Gasteiger partial charge in [-0.15, -0.1) is 0 Å². The smallest absolute Gasteiger partial charge is 0.312 e. The lowest BCUT2D eigenvalue weighted by atomic mass is 9.77. The summed E-state index contributed by atoms with van der Waals surface area (Å²) in [4.78, 5) is 18.6. The maximum Gasteiger partial charge on any atom is 0.312 e. The first kappa shape index (κ1) is 23.6. The molecule has 27 heavy (non-hydrogen) atoms. The maximum absolute atomic E-state index is 11.6. The summed E-state index contributed by atoms with van der Waals surface area (Å²) in [5.41, 5.74) is 12.0. The summed E-state index contributed by atoms with van der Waals surface area (Å²) < 4.78 is 0. The van der Waals surface area contributed by atoms with E-state index in [-0.39, 0.29) is 0 Å². The van der Waals surface area contributed by atoms with E-state index in [2.05, 4.69) is 56.7 Å². The first-order chi connectivity index (χ1) is 12.6. The highest BCUT2D eigenvalue weighted by molar-refractivity contribution is 5.75. The molecule has 7 nitrogen and oxygen atoms in total. The SMILES string of the molecule is CCC(N(C)C)N(CCCC1(N)C=C(N)C=CC1C(=O)O)C(CC)N(C)C. The third-order valence-electron chi connectivity index (χ3n) is 5.48. The van der Waals surface area contributed by atoms with Crippen LogP contribution in [0.25, 0.3) is 0 Å². The number of carboxylic acid groups (broad SMARTS) is 1. The lowest BCUT2D eigenvalue weighted by Gasteiger charge is -2.44. The van der Waals surface area contributed by atoms with E-state index in [1.165, 1.54) is 0 Å². The van der Waals surface area contributed by atoms with Gasteiger partial charge in [-0.3, -0.25) is 19.5 Å². The van der Waals surface area contributed by atoms with E-state index < -0.39 is 17.4 Å². The third kappa shape index (κ3) is 6.04. The Morgan fingerprint density at radius 3 is 2.11 bits per heavy atom. The second kappa shape index (κ2) is 10.2. The van der Waals surface area contributed by atoms with Crippen molar-refractivity contribution in [3.8, 4) is 0 Å². The monoisotopic (exact) mass is 381 g/mol. The third-order valence-corrected chi connectivity index (χ3v) is 5.48. The second-order valence-corrected chi connectivity index (χ2v) is 7.98. The van der Waals surface area contributed by atoms with Gasteiger partial charge in [0.05, 0.1) is 23.8 Å². The molecule has 0 aromatic rings. The molecule has 0 saturated carbocycles. The summed E-state index contributed by atoms with van der Waals surface area (Å²) in [7, 11) is 8.40. The van der Waals surface area contributed by atoms with Gasteiger partial charge in [0.15, 0.2) is 0 Å². The lowest BCUT2D eigenvalue weighted by Crippen LogP contribution is -2.55. The quantitative estimate of drug-likeness (QED) is 0.466. The number of hydrogen-bond acceptors (Lipinski definition) is 6. The van der Waals surface area contributed by atoms with E-state index >= 15 is 0 Å². The summed E-state index contributed by atoms with van der Waals surface area (Å²) in [6, 6.07) is 0. The summed E-state index contributed by atoms with van der Waals surface area (Å²) >= 11 is 0. The topological polar surface area (TPSA) is 99.1 Å². The van der Waals surface area contributed by atoms with Crippen molar-refractivity contribution in [3.63, 3.8) is 0 Å². The summed E-state index contributed by atoms with van der Waals surface area (Å²) in [6.45, 7) is 5.23. The van der Waals surface area contributed by atoms with Gasteiger partial charge in [0.25, 0.3) is 0 Å². The number of nitrogens with two attached hydrogens (primary N) is 2. The maximum atomic E-state index is 11.6. The number of carbonyl (C=O) groups is 1. The van der Waals surface area contributed by atoms with Crippen molar-refractivity contribution in [3.05, 3.63) is 23.9 Å². The van der Waals surface area contributed by atoms with E-state index in [1.807, 2.05) is 0 Å². The van der Waals surface area contributed by atoms with E-state index in [1.54, 1.807) is 18.2 Å². The molecule has 0 bridgehead atoms. The number of hydrogen-bond donors (Lipinski definition) is 3. The van der Waals surface area contributed by atoms with Crippen molar-refractivity contribution >= 4 is 5.97 Å². The van der Waals surface area contributed by atoms with Crippen LogP contribution in [0.5, 0.6) is 0 Å². The van der Waals surface area contributed by atoms with Gasteiger partial charge >= 0.3 is 5.97 Å². The average Bonchev–Trinajstić information content (AvgIpc) is 2.54. The molecule has 0 aliphatic heterocycles. The summed E-state index contributed by atoms with van der Waals surface area (Å²) in [5, 5.41) is 9.54. The second-order valence-electron chi connectivity index (χ2n) is 7.98. The molecule has 4 unspecified atom stereocenters. The van der Waals surface area contributed by atoms with Gasteiger partial charge in [0.1, 0.15) is 0 Å². The Morgan fingerprint density at radius 1 is 1.19 bits per heavy atom. The van der Waals surface area contributed by atoms with Crippen molar-refractivity contribution in [2.45, 2.75) is 57.4 Å². The Kier molecular flexibility index (Phi) is 8.94. The lowest BCUT2D eigenvalue weighted by molar-refractivity contribution is -0.141. The zero-order chi connectivity index (χ0) is 20.8. The predicted octanol–water partition coefficient (Wildman–Crippen LogP) is 1.47. The first-order valence-electron chi connectivity index (χ1n) is 9.84. The van der Waals surface area contributed by atoms with Crippen LogP contribution in [-0.4, -0.2) is 78.4 Å². The van der Waals surface area contributed by atoms with Crippen molar-refractivity contribution in [2.75, 3.05) is 34.7 Å². The Morgan fingerprint density at radius 2 is 1.70 bits per heavy atom. The molecule has 0 amide bonds. The molecule has 1 aliphatic carbocycles. The van der Waals surface area contributed by atoms with Crippen molar-refractivity contribution in [1.82, 2.24) is 14.7 Å². The molecule has 4 atom stereocenters. The normalized spacial score (nSPS) is 25.1. The van der Waals surface area contributed by atoms with Gasteiger partial charge in [-0.05, 0) is 66.0 Å². The van der Waals surface area contributed by atoms with Crippen LogP contribution < -0.4 is 11.5 Å². The van der Waals surface area contributed by atoms with Gasteiger partial charge in [0, 0.05) is 12.2 Å². The van der Waals surface area contributed by atoms with E-state index in [0.717, 1.165) is 25.8 Å². The van der Waals surface area contributed by atoms with Crippen LogP contribution in [0, 0.1) is 5.92 Å². The molecule has 0 heterocycles. The molecule has 0 aromatic carbocycles. The van der Waals surface area contributed by atoms with Crippen molar-refractivity contribution in [1.29, 1.82) is 0 Å².